The lowest BCUT2D eigenvalue weighted by molar-refractivity contribution is -0.122. The molecule has 47 heavy (non-hydrogen) atoms. The molecule has 11 nitrogen and oxygen atoms in total. The summed E-state index contributed by atoms with van der Waals surface area (Å²) in [4.78, 5) is 49.1. The molecule has 13 heteroatoms. The molecule has 1 N–H and O–H groups in total. The lowest BCUT2D eigenvalue weighted by atomic mass is 10.1. The third-order valence-electron chi connectivity index (χ3n) is 7.25. The molecular weight excluding hydrogens is 641 g/mol. The summed E-state index contributed by atoms with van der Waals surface area (Å²) in [5, 5.41) is 8.27. The van der Waals surface area contributed by atoms with Gasteiger partial charge >= 0.3 is 0 Å². The molecule has 0 aliphatic heterocycles. The van der Waals surface area contributed by atoms with Gasteiger partial charge in [0.05, 0.1) is 22.9 Å². The summed E-state index contributed by atoms with van der Waals surface area (Å²) >= 11 is 13.3. The van der Waals surface area contributed by atoms with Gasteiger partial charge in [0.1, 0.15) is 30.5 Å². The Morgan fingerprint density at radius 1 is 1.02 bits per heavy atom. The molecule has 2 aromatic heterocycles. The normalized spacial score (nSPS) is 11.1. The second kappa shape index (κ2) is 14.4. The summed E-state index contributed by atoms with van der Waals surface area (Å²) in [6, 6.07) is 17.6. The molecule has 240 valence electrons. The number of ether oxygens (including phenoxy) is 1. The van der Waals surface area contributed by atoms with Gasteiger partial charge in [-0.2, -0.15) is 5.10 Å². The molecule has 3 amide bonds. The lowest BCUT2D eigenvalue weighted by Gasteiger charge is -2.21. The first-order valence-electron chi connectivity index (χ1n) is 14.4. The fourth-order valence-electron chi connectivity index (χ4n) is 4.74. The third-order valence-corrected chi connectivity index (χ3v) is 8.03. The van der Waals surface area contributed by atoms with Crippen molar-refractivity contribution in [2.24, 2.45) is 0 Å². The van der Waals surface area contributed by atoms with Gasteiger partial charge in [0.15, 0.2) is 0 Å². The van der Waals surface area contributed by atoms with Gasteiger partial charge in [0.2, 0.25) is 11.8 Å². The molecule has 0 aliphatic carbocycles. The number of benzene rings is 3. The average molecular weight is 673 g/mol. The van der Waals surface area contributed by atoms with Gasteiger partial charge in [-0.1, -0.05) is 47.5 Å². The summed E-state index contributed by atoms with van der Waals surface area (Å²) in [7, 11) is 4.91. The van der Waals surface area contributed by atoms with E-state index in [1.165, 1.54) is 22.2 Å². The van der Waals surface area contributed by atoms with E-state index in [2.05, 4.69) is 15.4 Å². The minimum Gasteiger partial charge on any atom is -0.487 e. The number of nitrogens with one attached hydrogen (secondary N) is 1. The van der Waals surface area contributed by atoms with Crippen molar-refractivity contribution in [1.29, 1.82) is 0 Å². The first-order valence-corrected chi connectivity index (χ1v) is 15.2. The molecule has 0 bridgehead atoms. The predicted octanol–water partition coefficient (Wildman–Crippen LogP) is 5.50. The van der Waals surface area contributed by atoms with Gasteiger partial charge < -0.3 is 19.9 Å². The van der Waals surface area contributed by atoms with Gasteiger partial charge in [-0.15, -0.1) is 0 Å². The van der Waals surface area contributed by atoms with Crippen molar-refractivity contribution in [2.45, 2.75) is 13.5 Å². The number of fused-ring (bicyclic) bond motifs is 1. The molecule has 3 aromatic carbocycles. The average Bonchev–Trinajstić information content (AvgIpc) is 3.60. The van der Waals surface area contributed by atoms with Crippen LogP contribution in [0.1, 0.15) is 27.2 Å². The van der Waals surface area contributed by atoms with Crippen molar-refractivity contribution in [2.75, 3.05) is 32.6 Å². The van der Waals surface area contributed by atoms with Gasteiger partial charge in [0.25, 0.3) is 5.91 Å². The quantitative estimate of drug-likeness (QED) is 0.194. The molecule has 0 atom stereocenters. The largest absolute Gasteiger partial charge is 0.487 e. The van der Waals surface area contributed by atoms with Gasteiger partial charge in [-0.25, -0.2) is 14.6 Å². The Balaban J connectivity index is 1.24. The number of anilines is 1. The highest BCUT2D eigenvalue weighted by atomic mass is 35.5. The zero-order chi connectivity index (χ0) is 33.7. The fraction of sp³-hybridized carbons (Fsp3) is 0.176. The Labute approximate surface area is 281 Å². The number of amides is 3. The van der Waals surface area contributed by atoms with Crippen LogP contribution in [-0.2, 0) is 16.2 Å². The Hall–Kier alpha value is -5.26. The Kier molecular flexibility index (Phi) is 10.2. The topological polar surface area (TPSA) is 123 Å². The van der Waals surface area contributed by atoms with E-state index < -0.39 is 11.8 Å². The van der Waals surface area contributed by atoms with Crippen LogP contribution in [-0.4, -0.2) is 70.1 Å². The van der Waals surface area contributed by atoms with Crippen molar-refractivity contribution in [3.05, 3.63) is 112 Å². The van der Waals surface area contributed by atoms with Crippen molar-refractivity contribution in [1.82, 2.24) is 30.0 Å². The van der Waals surface area contributed by atoms with Crippen molar-refractivity contribution < 1.29 is 19.1 Å². The zero-order valence-corrected chi connectivity index (χ0v) is 27.6. The first-order chi connectivity index (χ1) is 22.5. The number of rotatable bonds is 10. The van der Waals surface area contributed by atoms with E-state index in [4.69, 9.17) is 32.9 Å². The summed E-state index contributed by atoms with van der Waals surface area (Å²) in [6.45, 7) is 1.62. The summed E-state index contributed by atoms with van der Waals surface area (Å²) in [5.74, 6) is -0.452. The van der Waals surface area contributed by atoms with E-state index in [9.17, 15) is 14.4 Å². The highest BCUT2D eigenvalue weighted by Gasteiger charge is 2.20. The molecule has 5 aromatic rings. The van der Waals surface area contributed by atoms with Crippen molar-refractivity contribution >= 4 is 63.6 Å². The maximum Gasteiger partial charge on any atom is 0.253 e. The predicted molar refractivity (Wildman–Crippen MR) is 182 cm³/mol. The number of para-hydroxylation sites is 1. The van der Waals surface area contributed by atoms with Gasteiger partial charge in [0, 0.05) is 54.4 Å². The third kappa shape index (κ3) is 7.59. The molecular formula is C34H31Cl2N7O4. The molecule has 0 radical (unpaired) electrons. The number of nitrogens with zero attached hydrogens (tertiary/aromatic N) is 6. The molecule has 0 aliphatic rings. The SMILES string of the molecule is Cc1cc(-n2cncn2)c2cccc(OCc3c(Cl)ccc(N(C)C(=O)CNC(=O)C=Cc4ccc(C(=O)N(C)C)cc4)c3Cl)c2n1. The maximum atomic E-state index is 13.0. The molecule has 0 unspecified atom stereocenters. The number of pyridine rings is 1. The fourth-order valence-corrected chi connectivity index (χ4v) is 5.34. The molecule has 0 saturated carbocycles. The second-order valence-corrected chi connectivity index (χ2v) is 11.5. The van der Waals surface area contributed by atoms with Gasteiger partial charge in [-0.3, -0.25) is 14.4 Å². The number of halogens is 2. The Morgan fingerprint density at radius 2 is 1.79 bits per heavy atom. The Bertz CT molecular complexity index is 1980. The van der Waals surface area contributed by atoms with Crippen LogP contribution >= 0.6 is 23.2 Å². The van der Waals surface area contributed by atoms with E-state index in [1.54, 1.807) is 80.7 Å². The molecule has 0 fully saturated rings. The maximum absolute atomic E-state index is 13.0. The number of aromatic nitrogens is 4. The van der Waals surface area contributed by atoms with Crippen LogP contribution in [0.5, 0.6) is 5.75 Å². The monoisotopic (exact) mass is 671 g/mol. The number of carbonyl (C=O) groups is 3. The molecule has 2 heterocycles. The van der Waals surface area contributed by atoms with Crippen LogP contribution < -0.4 is 15.0 Å². The van der Waals surface area contributed by atoms with Crippen LogP contribution in [0, 0.1) is 6.92 Å². The van der Waals surface area contributed by atoms with Gasteiger partial charge in [-0.05, 0) is 55.0 Å². The van der Waals surface area contributed by atoms with E-state index >= 15 is 0 Å². The van der Waals surface area contributed by atoms with Crippen LogP contribution in [0.2, 0.25) is 10.0 Å². The second-order valence-electron chi connectivity index (χ2n) is 10.7. The summed E-state index contributed by atoms with van der Waals surface area (Å²) in [6.07, 6.45) is 5.99. The highest BCUT2D eigenvalue weighted by Crippen LogP contribution is 2.36. The van der Waals surface area contributed by atoms with Crippen molar-refractivity contribution in [3.8, 4) is 11.4 Å². The summed E-state index contributed by atoms with van der Waals surface area (Å²) < 4.78 is 7.86. The first kappa shape index (κ1) is 33.1. The molecule has 0 spiro atoms. The van der Waals surface area contributed by atoms with E-state index in [0.717, 1.165) is 22.3 Å². The number of hydrogen-bond donors (Lipinski definition) is 1. The standard InChI is InChI=1S/C34H31Cl2N7O4/c1-21-16-28(43-20-37-19-39-43)24-6-5-7-29(33(24)40-21)47-18-25-26(35)13-14-27(32(25)36)42(4)31(45)17-38-30(44)15-10-22-8-11-23(12-9-22)34(46)41(2)3/h5-16,19-20H,17-18H2,1-4H3,(H,38,44). The minimum atomic E-state index is -0.456. The molecule has 0 saturated heterocycles. The van der Waals surface area contributed by atoms with Crippen LogP contribution in [0.3, 0.4) is 0 Å². The number of aryl methyl sites for hydroxylation is 1. The van der Waals surface area contributed by atoms with Crippen molar-refractivity contribution in [3.63, 3.8) is 0 Å². The Morgan fingerprint density at radius 3 is 2.49 bits per heavy atom. The minimum absolute atomic E-state index is 0.00669. The van der Waals surface area contributed by atoms with E-state index in [-0.39, 0.29) is 24.1 Å². The lowest BCUT2D eigenvalue weighted by Crippen LogP contribution is -2.37. The van der Waals surface area contributed by atoms with E-state index in [0.29, 0.717) is 33.1 Å². The number of carbonyl (C=O) groups excluding carboxylic acids is 3. The highest BCUT2D eigenvalue weighted by molar-refractivity contribution is 6.38. The zero-order valence-electron chi connectivity index (χ0n) is 26.1. The number of likely N-dealkylation sites (N-methyl/N-ethyl adjacent to an activating group) is 1. The molecule has 5 rings (SSSR count). The smallest absolute Gasteiger partial charge is 0.253 e. The van der Waals surface area contributed by atoms with Crippen LogP contribution in [0.4, 0.5) is 5.69 Å². The number of hydrogen-bond acceptors (Lipinski definition) is 7. The van der Waals surface area contributed by atoms with Crippen LogP contribution in [0.15, 0.2) is 79.4 Å². The van der Waals surface area contributed by atoms with E-state index in [1.807, 2.05) is 25.1 Å². The van der Waals surface area contributed by atoms with Crippen LogP contribution in [0.25, 0.3) is 22.7 Å². The summed E-state index contributed by atoms with van der Waals surface area (Å²) in [5.41, 5.74) is 4.37.